The molecule has 0 fully saturated rings. The lowest BCUT2D eigenvalue weighted by atomic mass is 10.2. The van der Waals surface area contributed by atoms with E-state index >= 15 is 0 Å². The lowest BCUT2D eigenvalue weighted by Gasteiger charge is -2.20. The number of ether oxygens (including phenoxy) is 1. The minimum absolute atomic E-state index is 0.298. The van der Waals surface area contributed by atoms with Crippen LogP contribution in [0.1, 0.15) is 28.5 Å². The molecule has 5 nitrogen and oxygen atoms in total. The highest BCUT2D eigenvalue weighted by molar-refractivity contribution is 5.90. The minimum atomic E-state index is -0.298. The molecule has 1 aliphatic heterocycles. The Hall–Kier alpha value is -2.30. The second-order valence-corrected chi connectivity index (χ2v) is 5.15. The maximum absolute atomic E-state index is 12.0. The first-order chi connectivity index (χ1) is 10.2. The lowest BCUT2D eigenvalue weighted by Crippen LogP contribution is -2.23. The maximum atomic E-state index is 12.0. The van der Waals surface area contributed by atoms with Crippen LogP contribution in [-0.2, 0) is 24.8 Å². The average Bonchev–Trinajstić information content (AvgIpc) is 3.05. The largest absolute Gasteiger partial charge is 0.462 e. The van der Waals surface area contributed by atoms with E-state index in [0.717, 1.165) is 18.7 Å². The Morgan fingerprint density at radius 3 is 3.00 bits per heavy atom. The van der Waals surface area contributed by atoms with E-state index in [1.54, 1.807) is 10.9 Å². The summed E-state index contributed by atoms with van der Waals surface area (Å²) in [4.78, 5) is 14.3. The van der Waals surface area contributed by atoms with Gasteiger partial charge in [-0.3, -0.25) is 4.68 Å². The summed E-state index contributed by atoms with van der Waals surface area (Å²) < 4.78 is 6.86. The number of rotatable bonds is 4. The monoisotopic (exact) mass is 285 g/mol. The number of nitrogens with zero attached hydrogens (tertiary/aromatic N) is 3. The SMILES string of the molecule is CCOC(=O)c1cnn(C)c1CN1CCc2ccccc21. The Morgan fingerprint density at radius 1 is 1.38 bits per heavy atom. The Balaban J connectivity index is 1.86. The fraction of sp³-hybridized carbons (Fsp3) is 0.375. The van der Waals surface area contributed by atoms with Gasteiger partial charge in [0.2, 0.25) is 0 Å². The molecule has 0 amide bonds. The van der Waals surface area contributed by atoms with Crippen molar-refractivity contribution in [1.82, 2.24) is 9.78 Å². The predicted octanol–water partition coefficient (Wildman–Crippen LogP) is 2.16. The molecule has 2 heterocycles. The number of aryl methyl sites for hydroxylation is 1. The number of hydrogen-bond acceptors (Lipinski definition) is 4. The number of anilines is 1. The van der Waals surface area contributed by atoms with Crippen LogP contribution in [0.5, 0.6) is 0 Å². The summed E-state index contributed by atoms with van der Waals surface area (Å²) in [6.07, 6.45) is 2.64. The number of aromatic nitrogens is 2. The zero-order valence-electron chi connectivity index (χ0n) is 12.4. The van der Waals surface area contributed by atoms with Gasteiger partial charge < -0.3 is 9.64 Å². The van der Waals surface area contributed by atoms with Crippen molar-refractivity contribution in [3.05, 3.63) is 47.3 Å². The number of esters is 1. The van der Waals surface area contributed by atoms with E-state index in [0.29, 0.717) is 18.7 Å². The van der Waals surface area contributed by atoms with Crippen molar-refractivity contribution >= 4 is 11.7 Å². The highest BCUT2D eigenvalue weighted by Crippen LogP contribution is 2.29. The second kappa shape index (κ2) is 5.60. The fourth-order valence-electron chi connectivity index (χ4n) is 2.78. The van der Waals surface area contributed by atoms with Gasteiger partial charge in [-0.05, 0) is 25.0 Å². The number of benzene rings is 1. The van der Waals surface area contributed by atoms with Crippen LogP contribution in [0.3, 0.4) is 0 Å². The van der Waals surface area contributed by atoms with E-state index < -0.39 is 0 Å². The highest BCUT2D eigenvalue weighted by atomic mass is 16.5. The standard InChI is InChI=1S/C16H19N3O2/c1-3-21-16(20)13-10-17-18(2)15(13)11-19-9-8-12-6-4-5-7-14(12)19/h4-7,10H,3,8-9,11H2,1-2H3. The van der Waals surface area contributed by atoms with Gasteiger partial charge in [-0.15, -0.1) is 0 Å². The Labute approximate surface area is 124 Å². The summed E-state index contributed by atoms with van der Waals surface area (Å²) in [5.41, 5.74) is 4.06. The molecule has 5 heteroatoms. The van der Waals surface area contributed by atoms with Gasteiger partial charge >= 0.3 is 5.97 Å². The molecule has 0 spiro atoms. The van der Waals surface area contributed by atoms with Gasteiger partial charge in [0.1, 0.15) is 5.56 Å². The van der Waals surface area contributed by atoms with E-state index in [9.17, 15) is 4.79 Å². The molecule has 2 aromatic rings. The molecule has 1 aliphatic rings. The topological polar surface area (TPSA) is 47.4 Å². The van der Waals surface area contributed by atoms with Crippen molar-refractivity contribution in [2.24, 2.45) is 7.05 Å². The molecule has 0 radical (unpaired) electrons. The first-order valence-electron chi connectivity index (χ1n) is 7.21. The van der Waals surface area contributed by atoms with Crippen LogP contribution in [0, 0.1) is 0 Å². The van der Waals surface area contributed by atoms with Crippen molar-refractivity contribution in [1.29, 1.82) is 0 Å². The zero-order chi connectivity index (χ0) is 14.8. The van der Waals surface area contributed by atoms with Crippen LogP contribution in [0.2, 0.25) is 0 Å². The molecule has 0 unspecified atom stereocenters. The third-order valence-electron chi connectivity index (χ3n) is 3.88. The fourth-order valence-corrected chi connectivity index (χ4v) is 2.78. The maximum Gasteiger partial charge on any atom is 0.341 e. The summed E-state index contributed by atoms with van der Waals surface area (Å²) in [5, 5.41) is 4.21. The van der Waals surface area contributed by atoms with Crippen molar-refractivity contribution < 1.29 is 9.53 Å². The predicted molar refractivity (Wildman–Crippen MR) is 80.4 cm³/mol. The van der Waals surface area contributed by atoms with Gasteiger partial charge in [0.05, 0.1) is 25.0 Å². The Bertz CT molecular complexity index is 663. The average molecular weight is 285 g/mol. The molecular formula is C16H19N3O2. The number of fused-ring (bicyclic) bond motifs is 1. The Kier molecular flexibility index (Phi) is 3.64. The lowest BCUT2D eigenvalue weighted by molar-refractivity contribution is 0.0525. The van der Waals surface area contributed by atoms with Gasteiger partial charge in [-0.25, -0.2) is 4.79 Å². The summed E-state index contributed by atoms with van der Waals surface area (Å²) in [5.74, 6) is -0.298. The molecule has 0 saturated heterocycles. The first-order valence-corrected chi connectivity index (χ1v) is 7.21. The van der Waals surface area contributed by atoms with E-state index in [1.807, 2.05) is 20.0 Å². The third-order valence-corrected chi connectivity index (χ3v) is 3.88. The second-order valence-electron chi connectivity index (χ2n) is 5.15. The molecule has 0 N–H and O–H groups in total. The van der Waals surface area contributed by atoms with Gasteiger partial charge in [0.25, 0.3) is 0 Å². The molecule has 1 aromatic carbocycles. The van der Waals surface area contributed by atoms with Crippen molar-refractivity contribution in [3.63, 3.8) is 0 Å². The van der Waals surface area contributed by atoms with Gasteiger partial charge in [0.15, 0.2) is 0 Å². The number of para-hydroxylation sites is 1. The number of carbonyl (C=O) groups is 1. The molecule has 110 valence electrons. The van der Waals surface area contributed by atoms with Crippen LogP contribution < -0.4 is 4.90 Å². The molecule has 0 bridgehead atoms. The molecule has 0 saturated carbocycles. The van der Waals surface area contributed by atoms with Crippen LogP contribution in [-0.4, -0.2) is 28.9 Å². The van der Waals surface area contributed by atoms with Crippen LogP contribution in [0.25, 0.3) is 0 Å². The van der Waals surface area contributed by atoms with Crippen molar-refractivity contribution in [3.8, 4) is 0 Å². The van der Waals surface area contributed by atoms with E-state index in [-0.39, 0.29) is 5.97 Å². The molecule has 0 aliphatic carbocycles. The number of hydrogen-bond donors (Lipinski definition) is 0. The molecule has 21 heavy (non-hydrogen) atoms. The van der Waals surface area contributed by atoms with Crippen molar-refractivity contribution in [2.75, 3.05) is 18.1 Å². The minimum Gasteiger partial charge on any atom is -0.462 e. The van der Waals surface area contributed by atoms with Gasteiger partial charge in [-0.1, -0.05) is 18.2 Å². The molecule has 1 aromatic heterocycles. The highest BCUT2D eigenvalue weighted by Gasteiger charge is 2.23. The van der Waals surface area contributed by atoms with Crippen molar-refractivity contribution in [2.45, 2.75) is 19.9 Å². The molecule has 3 rings (SSSR count). The normalized spacial score (nSPS) is 13.3. The molecule has 0 atom stereocenters. The van der Waals surface area contributed by atoms with Crippen LogP contribution in [0.4, 0.5) is 5.69 Å². The van der Waals surface area contributed by atoms with E-state index in [4.69, 9.17) is 4.74 Å². The summed E-state index contributed by atoms with van der Waals surface area (Å²) in [6.45, 7) is 3.82. The van der Waals surface area contributed by atoms with Gasteiger partial charge in [-0.2, -0.15) is 5.10 Å². The summed E-state index contributed by atoms with van der Waals surface area (Å²) in [7, 11) is 1.86. The quantitative estimate of drug-likeness (QED) is 0.808. The summed E-state index contributed by atoms with van der Waals surface area (Å²) >= 11 is 0. The Morgan fingerprint density at radius 2 is 2.19 bits per heavy atom. The zero-order valence-corrected chi connectivity index (χ0v) is 12.4. The van der Waals surface area contributed by atoms with E-state index in [2.05, 4.69) is 28.2 Å². The molecular weight excluding hydrogens is 266 g/mol. The smallest absolute Gasteiger partial charge is 0.341 e. The van der Waals surface area contributed by atoms with Gasteiger partial charge in [0, 0.05) is 19.3 Å². The van der Waals surface area contributed by atoms with Crippen LogP contribution in [0.15, 0.2) is 30.5 Å². The third kappa shape index (κ3) is 2.51. The number of carbonyl (C=O) groups excluding carboxylic acids is 1. The first kappa shape index (κ1) is 13.7. The van der Waals surface area contributed by atoms with E-state index in [1.165, 1.54) is 11.3 Å². The summed E-state index contributed by atoms with van der Waals surface area (Å²) in [6, 6.07) is 8.40. The van der Waals surface area contributed by atoms with Crippen LogP contribution >= 0.6 is 0 Å².